The topological polar surface area (TPSA) is 24.5 Å². The fourth-order valence-corrected chi connectivity index (χ4v) is 3.32. The van der Waals surface area contributed by atoms with Crippen LogP contribution in [0.4, 0.5) is 0 Å². The Morgan fingerprint density at radius 2 is 2.05 bits per heavy atom. The Kier molecular flexibility index (Phi) is 4.91. The van der Waals surface area contributed by atoms with Crippen molar-refractivity contribution < 1.29 is 4.74 Å². The largest absolute Gasteiger partial charge is 0.377 e. The zero-order chi connectivity index (χ0) is 14.0. The Labute approximate surface area is 119 Å². The highest BCUT2D eigenvalue weighted by Gasteiger charge is 2.36. The van der Waals surface area contributed by atoms with Crippen LogP contribution < -0.4 is 5.32 Å². The molecule has 0 aromatic rings. The minimum absolute atomic E-state index is 0.330. The molecule has 0 saturated carbocycles. The number of hydrogen-bond donors (Lipinski definition) is 1. The van der Waals surface area contributed by atoms with E-state index in [9.17, 15) is 0 Å². The van der Waals surface area contributed by atoms with Gasteiger partial charge in [0.1, 0.15) is 0 Å². The molecule has 1 N–H and O–H groups in total. The molecule has 0 radical (unpaired) electrons. The summed E-state index contributed by atoms with van der Waals surface area (Å²) in [5.41, 5.74) is 0.330. The highest BCUT2D eigenvalue weighted by Crippen LogP contribution is 2.26. The lowest BCUT2D eigenvalue weighted by atomic mass is 9.83. The van der Waals surface area contributed by atoms with E-state index in [-0.39, 0.29) is 0 Å². The van der Waals surface area contributed by atoms with Gasteiger partial charge in [-0.15, -0.1) is 0 Å². The fourth-order valence-electron chi connectivity index (χ4n) is 3.32. The van der Waals surface area contributed by atoms with Gasteiger partial charge in [-0.1, -0.05) is 34.6 Å². The minimum Gasteiger partial charge on any atom is -0.377 e. The van der Waals surface area contributed by atoms with Crippen LogP contribution in [0.25, 0.3) is 0 Å². The second-order valence-electron chi connectivity index (χ2n) is 7.73. The van der Waals surface area contributed by atoms with Crippen molar-refractivity contribution in [3.63, 3.8) is 0 Å². The molecule has 3 heteroatoms. The second kappa shape index (κ2) is 6.11. The van der Waals surface area contributed by atoms with E-state index < -0.39 is 0 Å². The number of piperazine rings is 1. The number of rotatable bonds is 3. The van der Waals surface area contributed by atoms with E-state index in [0.717, 1.165) is 26.2 Å². The Morgan fingerprint density at radius 1 is 1.32 bits per heavy atom. The normalized spacial score (nSPS) is 34.1. The molecule has 2 heterocycles. The molecule has 2 aliphatic rings. The van der Waals surface area contributed by atoms with Gasteiger partial charge in [0.2, 0.25) is 0 Å². The van der Waals surface area contributed by atoms with Crippen molar-refractivity contribution in [1.29, 1.82) is 0 Å². The Morgan fingerprint density at radius 3 is 2.58 bits per heavy atom. The third kappa shape index (κ3) is 3.93. The summed E-state index contributed by atoms with van der Waals surface area (Å²) in [6, 6.07) is 1.24. The van der Waals surface area contributed by atoms with Crippen LogP contribution in [0.1, 0.15) is 47.5 Å². The number of nitrogens with zero attached hydrogens (tertiary/aromatic N) is 1. The van der Waals surface area contributed by atoms with Crippen LogP contribution in [-0.2, 0) is 4.74 Å². The molecule has 19 heavy (non-hydrogen) atoms. The van der Waals surface area contributed by atoms with Crippen LogP contribution in [-0.4, -0.2) is 49.3 Å². The van der Waals surface area contributed by atoms with E-state index in [0.29, 0.717) is 29.5 Å². The summed E-state index contributed by atoms with van der Waals surface area (Å²) in [6.45, 7) is 16.1. The average molecular weight is 268 g/mol. The summed E-state index contributed by atoms with van der Waals surface area (Å²) < 4.78 is 5.84. The molecule has 0 bridgehead atoms. The summed E-state index contributed by atoms with van der Waals surface area (Å²) in [4.78, 5) is 2.69. The lowest BCUT2D eigenvalue weighted by molar-refractivity contribution is 0.0124. The molecule has 0 aliphatic carbocycles. The van der Waals surface area contributed by atoms with E-state index in [1.54, 1.807) is 0 Å². The highest BCUT2D eigenvalue weighted by atomic mass is 16.5. The lowest BCUT2D eigenvalue weighted by Gasteiger charge is -2.47. The molecule has 2 fully saturated rings. The van der Waals surface area contributed by atoms with Gasteiger partial charge in [-0.05, 0) is 24.2 Å². The zero-order valence-electron chi connectivity index (χ0n) is 13.4. The van der Waals surface area contributed by atoms with Crippen molar-refractivity contribution in [3.8, 4) is 0 Å². The van der Waals surface area contributed by atoms with Gasteiger partial charge < -0.3 is 10.1 Å². The minimum atomic E-state index is 0.330. The van der Waals surface area contributed by atoms with Crippen LogP contribution >= 0.6 is 0 Å². The van der Waals surface area contributed by atoms with Gasteiger partial charge in [0.05, 0.1) is 6.10 Å². The van der Waals surface area contributed by atoms with E-state index in [1.165, 1.54) is 12.8 Å². The van der Waals surface area contributed by atoms with Gasteiger partial charge in [-0.25, -0.2) is 0 Å². The van der Waals surface area contributed by atoms with Crippen LogP contribution in [0, 0.1) is 11.3 Å². The Balaban J connectivity index is 1.99. The summed E-state index contributed by atoms with van der Waals surface area (Å²) in [6.07, 6.45) is 2.96. The van der Waals surface area contributed by atoms with E-state index in [4.69, 9.17) is 4.74 Å². The molecule has 2 aliphatic heterocycles. The zero-order valence-corrected chi connectivity index (χ0v) is 13.4. The molecule has 112 valence electrons. The summed E-state index contributed by atoms with van der Waals surface area (Å²) >= 11 is 0. The first-order chi connectivity index (χ1) is 8.88. The van der Waals surface area contributed by atoms with Crippen molar-refractivity contribution >= 4 is 0 Å². The summed E-state index contributed by atoms with van der Waals surface area (Å²) in [5.74, 6) is 0.704. The molecule has 0 amide bonds. The maximum absolute atomic E-state index is 5.84. The van der Waals surface area contributed by atoms with Gasteiger partial charge in [0.15, 0.2) is 0 Å². The fraction of sp³-hybridized carbons (Fsp3) is 1.00. The molecule has 2 saturated heterocycles. The monoisotopic (exact) mass is 268 g/mol. The van der Waals surface area contributed by atoms with Crippen molar-refractivity contribution in [2.75, 3.05) is 26.2 Å². The van der Waals surface area contributed by atoms with Gasteiger partial charge >= 0.3 is 0 Å². The molecule has 0 aromatic heterocycles. The highest BCUT2D eigenvalue weighted by molar-refractivity contribution is 4.93. The van der Waals surface area contributed by atoms with Crippen molar-refractivity contribution in [1.82, 2.24) is 10.2 Å². The molecule has 0 spiro atoms. The SMILES string of the molecule is CC(C)C1CNC(C(C)(C)C)CN1CC1CCCO1. The first-order valence-corrected chi connectivity index (χ1v) is 7.97. The van der Waals surface area contributed by atoms with Gasteiger partial charge in [0, 0.05) is 38.3 Å². The predicted octanol–water partition coefficient (Wildman–Crippen LogP) is 2.51. The van der Waals surface area contributed by atoms with E-state index >= 15 is 0 Å². The molecule has 3 unspecified atom stereocenters. The molecule has 0 aromatic carbocycles. The maximum Gasteiger partial charge on any atom is 0.0702 e. The quantitative estimate of drug-likeness (QED) is 0.851. The van der Waals surface area contributed by atoms with Gasteiger partial charge in [0.25, 0.3) is 0 Å². The van der Waals surface area contributed by atoms with Crippen molar-refractivity contribution in [2.24, 2.45) is 11.3 Å². The third-order valence-electron chi connectivity index (χ3n) is 4.74. The number of nitrogens with one attached hydrogen (secondary N) is 1. The van der Waals surface area contributed by atoms with Crippen molar-refractivity contribution in [2.45, 2.75) is 65.6 Å². The smallest absolute Gasteiger partial charge is 0.0702 e. The maximum atomic E-state index is 5.84. The lowest BCUT2D eigenvalue weighted by Crippen LogP contribution is -2.62. The number of hydrogen-bond acceptors (Lipinski definition) is 3. The standard InChI is InChI=1S/C16H32N2O/c1-12(2)14-9-17-15(16(3,4)5)11-18(14)10-13-7-6-8-19-13/h12-15,17H,6-11H2,1-5H3. The molecule has 3 nitrogen and oxygen atoms in total. The average Bonchev–Trinajstić information content (AvgIpc) is 2.80. The van der Waals surface area contributed by atoms with Crippen LogP contribution in [0.5, 0.6) is 0 Å². The van der Waals surface area contributed by atoms with Crippen molar-refractivity contribution in [3.05, 3.63) is 0 Å². The Bertz CT molecular complexity index is 279. The molecule has 3 atom stereocenters. The predicted molar refractivity (Wildman–Crippen MR) is 80.4 cm³/mol. The van der Waals surface area contributed by atoms with Gasteiger partial charge in [-0.2, -0.15) is 0 Å². The van der Waals surface area contributed by atoms with E-state index in [1.807, 2.05) is 0 Å². The van der Waals surface area contributed by atoms with Crippen LogP contribution in [0.2, 0.25) is 0 Å². The van der Waals surface area contributed by atoms with Crippen LogP contribution in [0.3, 0.4) is 0 Å². The van der Waals surface area contributed by atoms with Gasteiger partial charge in [-0.3, -0.25) is 4.90 Å². The Hall–Kier alpha value is -0.120. The molecule has 2 rings (SSSR count). The summed E-state index contributed by atoms with van der Waals surface area (Å²) in [7, 11) is 0. The molecular formula is C16H32N2O. The first kappa shape index (κ1) is 15.3. The molecular weight excluding hydrogens is 236 g/mol. The van der Waals surface area contributed by atoms with Crippen LogP contribution in [0.15, 0.2) is 0 Å². The second-order valence-corrected chi connectivity index (χ2v) is 7.73. The number of ether oxygens (including phenoxy) is 1. The summed E-state index contributed by atoms with van der Waals surface area (Å²) in [5, 5.41) is 3.76. The third-order valence-corrected chi connectivity index (χ3v) is 4.74. The van der Waals surface area contributed by atoms with E-state index in [2.05, 4.69) is 44.8 Å². The first-order valence-electron chi connectivity index (χ1n) is 7.97.